The van der Waals surface area contributed by atoms with Crippen LogP contribution in [-0.4, -0.2) is 10.9 Å². The number of hydrogen-bond acceptors (Lipinski definition) is 3. The van der Waals surface area contributed by atoms with Gasteiger partial charge >= 0.3 is 0 Å². The first kappa shape index (κ1) is 43.3. The van der Waals surface area contributed by atoms with E-state index < -0.39 is 0 Å². The van der Waals surface area contributed by atoms with Crippen molar-refractivity contribution >= 4 is 48.1 Å². The zero-order chi connectivity index (χ0) is 38.1. The smallest absolute Gasteiger partial charge is 0.164 e. The van der Waals surface area contributed by atoms with Crippen molar-refractivity contribution in [3.8, 4) is 11.3 Å². The molecule has 1 N–H and O–H groups in total. The fourth-order valence-electron chi connectivity index (χ4n) is 6.85. The van der Waals surface area contributed by atoms with E-state index in [0.29, 0.717) is 0 Å². The van der Waals surface area contributed by atoms with Crippen LogP contribution >= 0.6 is 11.3 Å². The fourth-order valence-corrected chi connectivity index (χ4v) is 8.22. The Hall–Kier alpha value is -3.11. The third-order valence-corrected chi connectivity index (χ3v) is 12.6. The molecule has 0 saturated carbocycles. The molecule has 5 rings (SSSR count). The largest absolute Gasteiger partial charge is 0.512 e. The van der Waals surface area contributed by atoms with Gasteiger partial charge in [-0.05, 0) is 65.3 Å². The SMILES string of the molecule is CCC(C)(CC)C(=O)/C=C(\O)C(C)(CC)CC.[CH2-]c1c(-c2c3sc4c(CC(C)(C)C)cccc4c3cc[n+]2[CH2-])cc(C(C)(C)C)c2ccccc12.[Ir]. The van der Waals surface area contributed by atoms with Gasteiger partial charge in [-0.1, -0.05) is 130 Å². The molecule has 52 heavy (non-hydrogen) atoms. The maximum atomic E-state index is 12.2. The van der Waals surface area contributed by atoms with Crippen molar-refractivity contribution < 1.29 is 34.6 Å². The van der Waals surface area contributed by atoms with Crippen LogP contribution in [0.15, 0.2) is 72.6 Å². The molecule has 0 fully saturated rings. The Morgan fingerprint density at radius 3 is 1.85 bits per heavy atom. The third kappa shape index (κ3) is 8.81. The van der Waals surface area contributed by atoms with E-state index in [1.165, 1.54) is 53.7 Å². The van der Waals surface area contributed by atoms with E-state index in [-0.39, 0.29) is 53.3 Å². The first-order chi connectivity index (χ1) is 23.7. The van der Waals surface area contributed by atoms with Crippen molar-refractivity contribution in [2.75, 3.05) is 0 Å². The molecular weight excluding hydrogens is 835 g/mol. The van der Waals surface area contributed by atoms with Gasteiger partial charge in [-0.15, -0.1) is 34.4 Å². The number of carbonyl (C=O) groups excluding carboxylic acids is 1. The van der Waals surface area contributed by atoms with Crippen molar-refractivity contribution in [2.45, 2.75) is 121 Å². The Kier molecular flexibility index (Phi) is 13.7. The Labute approximate surface area is 332 Å². The van der Waals surface area contributed by atoms with Gasteiger partial charge in [0.2, 0.25) is 0 Å². The van der Waals surface area contributed by atoms with Crippen molar-refractivity contribution in [3.05, 3.63) is 103 Å². The van der Waals surface area contributed by atoms with Gasteiger partial charge in [-0.25, -0.2) is 0 Å². The van der Waals surface area contributed by atoms with Crippen LogP contribution in [0.5, 0.6) is 0 Å². The normalized spacial score (nSPS) is 12.9. The molecule has 0 spiro atoms. The van der Waals surface area contributed by atoms with E-state index in [4.69, 9.17) is 0 Å². The summed E-state index contributed by atoms with van der Waals surface area (Å²) in [5.74, 6) is 0.286. The molecular formula is C47H62IrNO2S-. The minimum Gasteiger partial charge on any atom is -0.512 e. The summed E-state index contributed by atoms with van der Waals surface area (Å²) >= 11 is 1.90. The Morgan fingerprint density at radius 2 is 1.31 bits per heavy atom. The molecule has 0 atom stereocenters. The Bertz CT molecular complexity index is 2060. The molecule has 0 saturated heterocycles. The molecule has 5 aromatic rings. The number of nitrogens with zero attached hydrogens (tertiary/aromatic N) is 1. The molecule has 0 aliphatic heterocycles. The van der Waals surface area contributed by atoms with E-state index in [2.05, 4.69) is 116 Å². The number of aliphatic hydroxyl groups excluding tert-OH is 1. The van der Waals surface area contributed by atoms with E-state index in [0.717, 1.165) is 43.4 Å². The van der Waals surface area contributed by atoms with Crippen LogP contribution in [-0.2, 0) is 36.7 Å². The zero-order valence-electron chi connectivity index (χ0n) is 33.8. The Morgan fingerprint density at radius 1 is 0.769 bits per heavy atom. The van der Waals surface area contributed by atoms with Gasteiger partial charge < -0.3 is 9.67 Å². The van der Waals surface area contributed by atoms with Crippen molar-refractivity contribution in [1.82, 2.24) is 0 Å². The van der Waals surface area contributed by atoms with Crippen LogP contribution in [0.25, 0.3) is 42.2 Å². The monoisotopic (exact) mass is 897 g/mol. The van der Waals surface area contributed by atoms with Gasteiger partial charge in [0.25, 0.3) is 0 Å². The van der Waals surface area contributed by atoms with Crippen LogP contribution in [0.3, 0.4) is 0 Å². The standard InChI is InChI=1S/C32H34NS.C15H28O2.Ir/c1-20-22-13-9-10-14-23(22)27(32(5,6)7)18-26(20)28-30-25(16-17-33(28)8)24-15-11-12-21(29(24)34-30)19-31(2,3)4;1-7-14(5,8-2)12(16)11-13(17)15(6,9-3)10-4;/h9-18H,1,8,19H2,2-7H3;11,16H,7-10H2,1-6H3;/q-1;;/b;12-11-;. The number of benzene rings is 3. The number of rotatable bonds is 9. The average molecular weight is 897 g/mol. The molecule has 283 valence electrons. The minimum absolute atomic E-state index is 0. The maximum absolute atomic E-state index is 12.2. The van der Waals surface area contributed by atoms with Gasteiger partial charge in [0, 0.05) is 53.5 Å². The minimum atomic E-state index is -0.337. The van der Waals surface area contributed by atoms with Crippen LogP contribution in [0, 0.1) is 30.2 Å². The molecule has 3 aromatic carbocycles. The number of ketones is 1. The molecule has 2 heterocycles. The van der Waals surface area contributed by atoms with Gasteiger partial charge in [0.1, 0.15) is 5.76 Å². The zero-order valence-corrected chi connectivity index (χ0v) is 37.1. The predicted octanol–water partition coefficient (Wildman–Crippen LogP) is 13.5. The van der Waals surface area contributed by atoms with Crippen LogP contribution in [0.1, 0.15) is 125 Å². The topological polar surface area (TPSA) is 41.2 Å². The first-order valence-corrected chi connectivity index (χ1v) is 19.6. The molecule has 0 unspecified atom stereocenters. The summed E-state index contributed by atoms with van der Waals surface area (Å²) in [5.41, 5.74) is 5.82. The molecule has 5 heteroatoms. The Balaban J connectivity index is 0.000000347. The van der Waals surface area contributed by atoms with Gasteiger partial charge in [-0.2, -0.15) is 12.5 Å². The fraction of sp³-hybridized carbons (Fsp3) is 0.447. The van der Waals surface area contributed by atoms with Crippen LogP contribution in [0.4, 0.5) is 0 Å². The molecule has 0 aliphatic carbocycles. The number of hydrogen-bond donors (Lipinski definition) is 1. The van der Waals surface area contributed by atoms with Gasteiger partial charge in [0.15, 0.2) is 5.78 Å². The number of pyridine rings is 1. The second-order valence-corrected chi connectivity index (χ2v) is 18.2. The van der Waals surface area contributed by atoms with Crippen LogP contribution < -0.4 is 4.57 Å². The molecule has 1 radical (unpaired) electrons. The van der Waals surface area contributed by atoms with Crippen molar-refractivity contribution in [1.29, 1.82) is 0 Å². The number of thiophene rings is 1. The number of aromatic nitrogens is 1. The summed E-state index contributed by atoms with van der Waals surface area (Å²) in [6, 6.07) is 20.0. The van der Waals surface area contributed by atoms with E-state index >= 15 is 0 Å². The second-order valence-electron chi connectivity index (χ2n) is 17.2. The maximum Gasteiger partial charge on any atom is 0.164 e. The summed E-state index contributed by atoms with van der Waals surface area (Å²) < 4.78 is 4.71. The van der Waals surface area contributed by atoms with Gasteiger partial charge in [-0.3, -0.25) is 4.79 Å². The third-order valence-electron chi connectivity index (χ3n) is 11.3. The number of fused-ring (bicyclic) bond motifs is 4. The van der Waals surface area contributed by atoms with E-state index in [9.17, 15) is 9.90 Å². The van der Waals surface area contributed by atoms with Crippen LogP contribution in [0.2, 0.25) is 0 Å². The summed E-state index contributed by atoms with van der Waals surface area (Å²) in [6.07, 6.45) is 7.91. The number of carbonyl (C=O) groups is 1. The van der Waals surface area contributed by atoms with Crippen molar-refractivity contribution in [2.24, 2.45) is 16.2 Å². The quantitative estimate of drug-likeness (QED) is 0.0693. The van der Waals surface area contributed by atoms with Gasteiger partial charge in [0.05, 0.1) is 11.9 Å². The van der Waals surface area contributed by atoms with E-state index in [1.807, 2.05) is 57.4 Å². The molecule has 3 nitrogen and oxygen atoms in total. The number of aliphatic hydroxyl groups is 1. The predicted molar refractivity (Wildman–Crippen MR) is 223 cm³/mol. The summed E-state index contributed by atoms with van der Waals surface area (Å²) in [4.78, 5) is 12.2. The molecule has 0 amide bonds. The summed E-state index contributed by atoms with van der Waals surface area (Å²) in [7, 11) is 4.41. The number of allylic oxidation sites excluding steroid dienone is 2. The average Bonchev–Trinajstić information content (AvgIpc) is 3.46. The van der Waals surface area contributed by atoms with E-state index in [1.54, 1.807) is 0 Å². The second kappa shape index (κ2) is 16.5. The summed E-state index contributed by atoms with van der Waals surface area (Å²) in [6.45, 7) is 30.5. The molecule has 0 aliphatic rings. The molecule has 0 bridgehead atoms. The van der Waals surface area contributed by atoms with Crippen molar-refractivity contribution in [3.63, 3.8) is 0 Å². The summed E-state index contributed by atoms with van der Waals surface area (Å²) in [5, 5.41) is 15.3. The molecule has 2 aromatic heterocycles. The first-order valence-electron chi connectivity index (χ1n) is 18.8.